The maximum atomic E-state index is 12.0. The Morgan fingerprint density at radius 3 is 2.28 bits per heavy atom. The van der Waals surface area contributed by atoms with Gasteiger partial charge in [-0.1, -0.05) is 0 Å². The average Bonchev–Trinajstić information content (AvgIpc) is 2.99. The molecule has 25 heavy (non-hydrogen) atoms. The lowest BCUT2D eigenvalue weighted by molar-refractivity contribution is -0.114. The molecule has 3 N–H and O–H groups in total. The number of hydrogen-bond donors (Lipinski definition) is 3. The topological polar surface area (TPSA) is 104 Å². The molecule has 2 aromatic rings. The lowest BCUT2D eigenvalue weighted by Crippen LogP contribution is -2.34. The standard InChI is InChI=1S/C16H19N3O4S2/c1-11-3-8-15(24-11)25(22,23)18-10-9-17-16(21)13-4-6-14(7-5-13)19-12(2)20/h3-8,18H,9-10H2,1-2H3,(H,17,21)(H,19,20). The molecule has 1 aromatic carbocycles. The quantitative estimate of drug-likeness (QED) is 0.635. The van der Waals surface area contributed by atoms with Crippen molar-refractivity contribution in [3.8, 4) is 0 Å². The van der Waals surface area contributed by atoms with Gasteiger partial charge in [0.15, 0.2) is 0 Å². The smallest absolute Gasteiger partial charge is 0.251 e. The monoisotopic (exact) mass is 381 g/mol. The molecule has 7 nitrogen and oxygen atoms in total. The Kier molecular flexibility index (Phi) is 6.29. The van der Waals surface area contributed by atoms with Gasteiger partial charge in [-0.2, -0.15) is 0 Å². The van der Waals surface area contributed by atoms with E-state index in [-0.39, 0.29) is 29.1 Å². The fourth-order valence-electron chi connectivity index (χ4n) is 2.00. The molecule has 0 unspecified atom stereocenters. The molecule has 0 atom stereocenters. The largest absolute Gasteiger partial charge is 0.351 e. The molecule has 0 radical (unpaired) electrons. The van der Waals surface area contributed by atoms with Crippen LogP contribution in [0.2, 0.25) is 0 Å². The normalized spacial score (nSPS) is 11.1. The van der Waals surface area contributed by atoms with Gasteiger partial charge in [0.2, 0.25) is 15.9 Å². The Balaban J connectivity index is 1.81. The summed E-state index contributed by atoms with van der Waals surface area (Å²) in [6.07, 6.45) is 0. The van der Waals surface area contributed by atoms with Crippen LogP contribution in [0.4, 0.5) is 5.69 Å². The number of rotatable bonds is 7. The maximum absolute atomic E-state index is 12.0. The fraction of sp³-hybridized carbons (Fsp3) is 0.250. The first-order valence-electron chi connectivity index (χ1n) is 7.50. The highest BCUT2D eigenvalue weighted by Crippen LogP contribution is 2.19. The third kappa shape index (κ3) is 5.66. The summed E-state index contributed by atoms with van der Waals surface area (Å²) >= 11 is 1.19. The van der Waals surface area contributed by atoms with Gasteiger partial charge in [-0.15, -0.1) is 11.3 Å². The Bertz CT molecular complexity index is 858. The van der Waals surface area contributed by atoms with E-state index >= 15 is 0 Å². The molecule has 1 heterocycles. The molecule has 134 valence electrons. The lowest BCUT2D eigenvalue weighted by atomic mass is 10.2. The van der Waals surface area contributed by atoms with Gasteiger partial charge >= 0.3 is 0 Å². The highest BCUT2D eigenvalue weighted by atomic mass is 32.2. The van der Waals surface area contributed by atoms with Crippen LogP contribution >= 0.6 is 11.3 Å². The van der Waals surface area contributed by atoms with E-state index in [1.165, 1.54) is 18.3 Å². The highest BCUT2D eigenvalue weighted by molar-refractivity contribution is 7.91. The number of aryl methyl sites for hydroxylation is 1. The van der Waals surface area contributed by atoms with Crippen LogP contribution in [0.3, 0.4) is 0 Å². The number of sulfonamides is 1. The summed E-state index contributed by atoms with van der Waals surface area (Å²) < 4.78 is 26.8. The number of amides is 2. The molecule has 2 amide bonds. The summed E-state index contributed by atoms with van der Waals surface area (Å²) in [6, 6.07) is 9.71. The number of thiophene rings is 1. The summed E-state index contributed by atoms with van der Waals surface area (Å²) in [5.74, 6) is -0.508. The van der Waals surface area contributed by atoms with E-state index in [2.05, 4.69) is 15.4 Å². The molecule has 0 fully saturated rings. The Labute approximate surface area is 150 Å². The lowest BCUT2D eigenvalue weighted by Gasteiger charge is -2.08. The Morgan fingerprint density at radius 2 is 1.72 bits per heavy atom. The van der Waals surface area contributed by atoms with E-state index in [4.69, 9.17) is 0 Å². The van der Waals surface area contributed by atoms with Crippen molar-refractivity contribution in [2.45, 2.75) is 18.1 Å². The number of nitrogens with one attached hydrogen (secondary N) is 3. The molecule has 0 saturated carbocycles. The molecule has 0 aliphatic heterocycles. The van der Waals surface area contributed by atoms with Crippen molar-refractivity contribution < 1.29 is 18.0 Å². The molecular weight excluding hydrogens is 362 g/mol. The Hall–Kier alpha value is -2.23. The van der Waals surface area contributed by atoms with Gasteiger partial charge in [0.05, 0.1) is 0 Å². The van der Waals surface area contributed by atoms with Crippen molar-refractivity contribution in [1.82, 2.24) is 10.0 Å². The van der Waals surface area contributed by atoms with Crippen LogP contribution in [-0.4, -0.2) is 33.3 Å². The minimum Gasteiger partial charge on any atom is -0.351 e. The number of benzene rings is 1. The number of carbonyl (C=O) groups is 2. The van der Waals surface area contributed by atoms with Crippen molar-refractivity contribution in [2.75, 3.05) is 18.4 Å². The van der Waals surface area contributed by atoms with Crippen LogP contribution in [0.15, 0.2) is 40.6 Å². The third-order valence-corrected chi connectivity index (χ3v) is 6.10. The fourth-order valence-corrected chi connectivity index (χ4v) is 4.36. The zero-order valence-corrected chi connectivity index (χ0v) is 15.5. The molecule has 0 aliphatic carbocycles. The summed E-state index contributed by atoms with van der Waals surface area (Å²) in [5.41, 5.74) is 1.02. The second-order valence-corrected chi connectivity index (χ2v) is 8.56. The molecule has 0 spiro atoms. The molecular formula is C16H19N3O4S2. The van der Waals surface area contributed by atoms with E-state index < -0.39 is 10.0 Å². The first-order valence-corrected chi connectivity index (χ1v) is 9.80. The minimum absolute atomic E-state index is 0.0923. The van der Waals surface area contributed by atoms with Crippen molar-refractivity contribution in [2.24, 2.45) is 0 Å². The van der Waals surface area contributed by atoms with Crippen molar-refractivity contribution in [1.29, 1.82) is 0 Å². The minimum atomic E-state index is -3.54. The van der Waals surface area contributed by atoms with Gasteiger partial charge in [-0.05, 0) is 43.3 Å². The van der Waals surface area contributed by atoms with E-state index in [0.717, 1.165) is 4.88 Å². The second kappa shape index (κ2) is 8.24. The van der Waals surface area contributed by atoms with Crippen LogP contribution in [0.25, 0.3) is 0 Å². The highest BCUT2D eigenvalue weighted by Gasteiger charge is 2.15. The van der Waals surface area contributed by atoms with Gasteiger partial charge in [0, 0.05) is 36.1 Å². The van der Waals surface area contributed by atoms with Crippen molar-refractivity contribution >= 4 is 38.9 Å². The van der Waals surface area contributed by atoms with E-state index in [1.807, 2.05) is 6.92 Å². The zero-order chi connectivity index (χ0) is 18.4. The molecule has 9 heteroatoms. The zero-order valence-electron chi connectivity index (χ0n) is 13.8. The first kappa shape index (κ1) is 19.1. The molecule has 2 rings (SSSR count). The number of carbonyl (C=O) groups excluding carboxylic acids is 2. The predicted octanol–water partition coefficient (Wildman–Crippen LogP) is 1.72. The molecule has 1 aromatic heterocycles. The van der Waals surface area contributed by atoms with Gasteiger partial charge in [0.1, 0.15) is 4.21 Å². The van der Waals surface area contributed by atoms with Gasteiger partial charge in [0.25, 0.3) is 5.91 Å². The average molecular weight is 381 g/mol. The summed E-state index contributed by atoms with van der Waals surface area (Å²) in [4.78, 5) is 23.9. The third-order valence-electron chi connectivity index (χ3n) is 3.15. The second-order valence-electron chi connectivity index (χ2n) is 5.28. The first-order chi connectivity index (χ1) is 11.8. The van der Waals surface area contributed by atoms with Gasteiger partial charge in [-0.25, -0.2) is 13.1 Å². The molecule has 0 bridgehead atoms. The van der Waals surface area contributed by atoms with Crippen LogP contribution in [0.1, 0.15) is 22.2 Å². The van der Waals surface area contributed by atoms with Crippen LogP contribution in [-0.2, 0) is 14.8 Å². The van der Waals surface area contributed by atoms with Gasteiger partial charge < -0.3 is 10.6 Å². The van der Waals surface area contributed by atoms with E-state index in [9.17, 15) is 18.0 Å². The SMILES string of the molecule is CC(=O)Nc1ccc(C(=O)NCCNS(=O)(=O)c2ccc(C)s2)cc1. The van der Waals surface area contributed by atoms with Gasteiger partial charge in [-0.3, -0.25) is 9.59 Å². The molecule has 0 saturated heterocycles. The van der Waals surface area contributed by atoms with Crippen molar-refractivity contribution in [3.05, 3.63) is 46.8 Å². The summed E-state index contributed by atoms with van der Waals surface area (Å²) in [7, 11) is -3.54. The van der Waals surface area contributed by atoms with Crippen LogP contribution in [0.5, 0.6) is 0 Å². The summed E-state index contributed by atoms with van der Waals surface area (Å²) in [5, 5.41) is 5.25. The van der Waals surface area contributed by atoms with Crippen molar-refractivity contribution in [3.63, 3.8) is 0 Å². The predicted molar refractivity (Wildman–Crippen MR) is 97.3 cm³/mol. The van der Waals surface area contributed by atoms with Crippen LogP contribution < -0.4 is 15.4 Å². The number of anilines is 1. The summed E-state index contributed by atoms with van der Waals surface area (Å²) in [6.45, 7) is 3.49. The maximum Gasteiger partial charge on any atom is 0.251 e. The van der Waals surface area contributed by atoms with E-state index in [1.54, 1.807) is 36.4 Å². The van der Waals surface area contributed by atoms with E-state index in [0.29, 0.717) is 11.3 Å². The van der Waals surface area contributed by atoms with Crippen LogP contribution in [0, 0.1) is 6.92 Å². The number of hydrogen-bond acceptors (Lipinski definition) is 5. The molecule has 0 aliphatic rings. The Morgan fingerprint density at radius 1 is 1.04 bits per heavy atom.